The molecule has 19 heteroatoms. The summed E-state index contributed by atoms with van der Waals surface area (Å²) in [5.74, 6) is 0.895. The molecule has 0 bridgehead atoms. The summed E-state index contributed by atoms with van der Waals surface area (Å²) in [6.45, 7) is 14.1. The van der Waals surface area contributed by atoms with Crippen molar-refractivity contribution in [2.24, 2.45) is 23.7 Å². The fraction of sp³-hybridized carbons (Fsp3) is 0.946. The summed E-state index contributed by atoms with van der Waals surface area (Å²) < 4.78 is 68.4. The minimum Gasteiger partial charge on any atom is -0.462 e. The van der Waals surface area contributed by atoms with E-state index in [9.17, 15) is 43.2 Å². The highest BCUT2D eigenvalue weighted by molar-refractivity contribution is 7.47. The van der Waals surface area contributed by atoms with E-state index in [4.69, 9.17) is 37.0 Å². The maximum Gasteiger partial charge on any atom is 0.472 e. The van der Waals surface area contributed by atoms with E-state index in [0.29, 0.717) is 25.7 Å². The maximum atomic E-state index is 13.1. The number of aliphatic hydroxyl groups is 1. The van der Waals surface area contributed by atoms with Crippen LogP contribution in [0, 0.1) is 23.7 Å². The van der Waals surface area contributed by atoms with Gasteiger partial charge in [-0.05, 0) is 49.4 Å². The molecule has 0 aromatic heterocycles. The van der Waals surface area contributed by atoms with Crippen LogP contribution in [0.15, 0.2) is 0 Å². The second-order valence-electron chi connectivity index (χ2n) is 28.4. The van der Waals surface area contributed by atoms with Gasteiger partial charge in [0.2, 0.25) is 0 Å². The van der Waals surface area contributed by atoms with Gasteiger partial charge in [-0.15, -0.1) is 0 Å². The van der Waals surface area contributed by atoms with Crippen LogP contribution in [0.3, 0.4) is 0 Å². The fourth-order valence-electron chi connectivity index (χ4n) is 11.2. The van der Waals surface area contributed by atoms with Crippen LogP contribution in [0.4, 0.5) is 0 Å². The average molecular weight is 1370 g/mol. The molecule has 0 aliphatic rings. The second-order valence-corrected chi connectivity index (χ2v) is 31.3. The summed E-state index contributed by atoms with van der Waals surface area (Å²) in [6.07, 6.45) is 47.3. The molecule has 0 aliphatic heterocycles. The molecule has 0 aliphatic carbocycles. The SMILES string of the molecule is CCC(C)CCCCCCCCC(=O)OC[C@H](COP(=O)(O)OC[C@H](O)COP(=O)(O)OC[C@@H](COC(=O)CCCCCCCCCCCC(C)C)OC(=O)CCCCCCCCCCCCCCCCCCC(C)C)OC(=O)CCCCCCCCCCCC(C)C. The van der Waals surface area contributed by atoms with Crippen molar-refractivity contribution < 1.29 is 80.2 Å². The van der Waals surface area contributed by atoms with Crippen molar-refractivity contribution in [3.8, 4) is 0 Å². The van der Waals surface area contributed by atoms with Crippen molar-refractivity contribution in [3.05, 3.63) is 0 Å². The van der Waals surface area contributed by atoms with Gasteiger partial charge < -0.3 is 33.8 Å². The van der Waals surface area contributed by atoms with Gasteiger partial charge in [-0.1, -0.05) is 319 Å². The lowest BCUT2D eigenvalue weighted by molar-refractivity contribution is -0.161. The summed E-state index contributed by atoms with van der Waals surface area (Å²) in [5, 5.41) is 10.6. The molecular formula is C74H144O17P2. The Balaban J connectivity index is 5.23. The van der Waals surface area contributed by atoms with Gasteiger partial charge in [0.25, 0.3) is 0 Å². The largest absolute Gasteiger partial charge is 0.472 e. The molecule has 93 heavy (non-hydrogen) atoms. The van der Waals surface area contributed by atoms with Crippen LogP contribution in [0.1, 0.15) is 370 Å². The van der Waals surface area contributed by atoms with Gasteiger partial charge in [-0.3, -0.25) is 37.3 Å². The lowest BCUT2D eigenvalue weighted by atomic mass is 10.00. The summed E-state index contributed by atoms with van der Waals surface area (Å²) in [6, 6.07) is 0. The molecule has 0 rings (SSSR count). The van der Waals surface area contributed by atoms with E-state index in [1.54, 1.807) is 0 Å². The van der Waals surface area contributed by atoms with Crippen LogP contribution >= 0.6 is 15.6 Å². The summed E-state index contributed by atoms with van der Waals surface area (Å²) in [4.78, 5) is 72.7. The van der Waals surface area contributed by atoms with Crippen LogP contribution in [0.25, 0.3) is 0 Å². The third-order valence-electron chi connectivity index (χ3n) is 17.4. The van der Waals surface area contributed by atoms with Crippen molar-refractivity contribution in [2.45, 2.75) is 388 Å². The molecular weight excluding hydrogens is 1220 g/mol. The molecule has 0 aromatic rings. The third-order valence-corrected chi connectivity index (χ3v) is 19.3. The number of carbonyl (C=O) groups is 4. The number of esters is 4. The number of aliphatic hydroxyl groups excluding tert-OH is 1. The van der Waals surface area contributed by atoms with Crippen LogP contribution in [-0.2, 0) is 65.4 Å². The molecule has 0 aromatic carbocycles. The first-order valence-electron chi connectivity index (χ1n) is 38.2. The molecule has 17 nitrogen and oxygen atoms in total. The zero-order chi connectivity index (χ0) is 68.9. The first kappa shape index (κ1) is 91.1. The zero-order valence-corrected chi connectivity index (χ0v) is 62.7. The summed E-state index contributed by atoms with van der Waals surface area (Å²) in [7, 11) is -9.91. The van der Waals surface area contributed by atoms with Crippen molar-refractivity contribution in [3.63, 3.8) is 0 Å². The molecule has 0 fully saturated rings. The lowest BCUT2D eigenvalue weighted by Gasteiger charge is -2.21. The van der Waals surface area contributed by atoms with E-state index in [-0.39, 0.29) is 25.7 Å². The van der Waals surface area contributed by atoms with E-state index in [1.807, 2.05) is 0 Å². The van der Waals surface area contributed by atoms with Gasteiger partial charge in [0.1, 0.15) is 19.3 Å². The summed E-state index contributed by atoms with van der Waals surface area (Å²) in [5.41, 5.74) is 0. The number of hydrogen-bond acceptors (Lipinski definition) is 15. The summed E-state index contributed by atoms with van der Waals surface area (Å²) >= 11 is 0. The van der Waals surface area contributed by atoms with Crippen molar-refractivity contribution >= 4 is 39.5 Å². The molecule has 3 N–H and O–H groups in total. The van der Waals surface area contributed by atoms with Crippen LogP contribution in [-0.4, -0.2) is 96.7 Å². The predicted octanol–water partition coefficient (Wildman–Crippen LogP) is 21.3. The Morgan fingerprint density at radius 3 is 0.763 bits per heavy atom. The van der Waals surface area contributed by atoms with Gasteiger partial charge in [0.05, 0.1) is 26.4 Å². The quantitative estimate of drug-likeness (QED) is 0.0222. The Hall–Kier alpha value is -1.94. The molecule has 552 valence electrons. The van der Waals surface area contributed by atoms with E-state index in [1.165, 1.54) is 167 Å². The normalized spacial score (nSPS) is 14.5. The molecule has 0 amide bonds. The van der Waals surface area contributed by atoms with Gasteiger partial charge in [0, 0.05) is 25.7 Å². The number of ether oxygens (including phenoxy) is 4. The molecule has 0 spiro atoms. The standard InChI is InChI=1S/C74H144O17P2/c1-9-67(8)53-45-37-32-33-39-47-55-72(77)85-61-70(91-74(79)57-49-41-31-25-19-22-28-36-44-52-66(6)7)63-89-93(82,83)87-59-68(75)58-86-92(80,81)88-62-69(60-84-71(76)54-46-38-29-24-18-21-27-35-43-51-65(4)5)90-73(78)56-48-40-30-23-17-15-13-11-10-12-14-16-20-26-34-42-50-64(2)3/h64-70,75H,9-63H2,1-8H3,(H,80,81)(H,82,83)/t67?,68-,69-,70-/m1/s1. The van der Waals surface area contributed by atoms with Crippen molar-refractivity contribution in [2.75, 3.05) is 39.6 Å². The average Bonchev–Trinajstić information content (AvgIpc) is 3.63. The van der Waals surface area contributed by atoms with Gasteiger partial charge in [-0.25, -0.2) is 9.13 Å². The Labute approximate surface area is 568 Å². The predicted molar refractivity (Wildman–Crippen MR) is 377 cm³/mol. The number of rotatable bonds is 71. The second kappa shape index (κ2) is 63.5. The fourth-order valence-corrected chi connectivity index (χ4v) is 12.7. The number of unbranched alkanes of at least 4 members (excludes halogenated alkanes) is 36. The Bertz CT molecular complexity index is 1840. The monoisotopic (exact) mass is 1370 g/mol. The smallest absolute Gasteiger partial charge is 0.462 e. The molecule has 6 atom stereocenters. The lowest BCUT2D eigenvalue weighted by Crippen LogP contribution is -2.30. The third kappa shape index (κ3) is 67.0. The minimum atomic E-state index is -4.96. The number of carbonyl (C=O) groups excluding carboxylic acids is 4. The van der Waals surface area contributed by atoms with E-state index >= 15 is 0 Å². The molecule has 0 saturated carbocycles. The maximum absolute atomic E-state index is 13.1. The van der Waals surface area contributed by atoms with Crippen LogP contribution < -0.4 is 0 Å². The highest BCUT2D eigenvalue weighted by Crippen LogP contribution is 2.45. The number of hydrogen-bond donors (Lipinski definition) is 3. The van der Waals surface area contributed by atoms with Gasteiger partial charge >= 0.3 is 39.5 Å². The molecule has 3 unspecified atom stereocenters. The minimum absolute atomic E-state index is 0.104. The van der Waals surface area contributed by atoms with E-state index in [0.717, 1.165) is 120 Å². The van der Waals surface area contributed by atoms with Gasteiger partial charge in [-0.2, -0.15) is 0 Å². The van der Waals surface area contributed by atoms with Crippen molar-refractivity contribution in [1.29, 1.82) is 0 Å². The Morgan fingerprint density at radius 2 is 0.516 bits per heavy atom. The van der Waals surface area contributed by atoms with Crippen molar-refractivity contribution in [1.82, 2.24) is 0 Å². The van der Waals surface area contributed by atoms with Crippen LogP contribution in [0.5, 0.6) is 0 Å². The first-order chi connectivity index (χ1) is 44.6. The molecule has 0 radical (unpaired) electrons. The highest BCUT2D eigenvalue weighted by atomic mass is 31.2. The highest BCUT2D eigenvalue weighted by Gasteiger charge is 2.30. The number of phosphoric ester groups is 2. The molecule has 0 heterocycles. The Kier molecular flexibility index (Phi) is 62.2. The number of phosphoric acid groups is 2. The Morgan fingerprint density at radius 1 is 0.301 bits per heavy atom. The zero-order valence-electron chi connectivity index (χ0n) is 60.9. The molecule has 0 saturated heterocycles. The van der Waals surface area contributed by atoms with Gasteiger partial charge in [0.15, 0.2) is 12.2 Å². The van der Waals surface area contributed by atoms with E-state index in [2.05, 4.69) is 55.4 Å². The van der Waals surface area contributed by atoms with Crippen LogP contribution in [0.2, 0.25) is 0 Å². The van der Waals surface area contributed by atoms with E-state index < -0.39 is 97.5 Å². The first-order valence-corrected chi connectivity index (χ1v) is 41.2. The topological polar surface area (TPSA) is 237 Å².